The van der Waals surface area contributed by atoms with Gasteiger partial charge in [-0.25, -0.2) is 22.5 Å². The van der Waals surface area contributed by atoms with Crippen LogP contribution in [0.25, 0.3) is 0 Å². The van der Waals surface area contributed by atoms with Gasteiger partial charge in [0, 0.05) is 32.6 Å². The number of hydrogen-bond donors (Lipinski definition) is 1. The van der Waals surface area contributed by atoms with Crippen LogP contribution in [0.15, 0.2) is 41.7 Å². The molecule has 0 aliphatic rings. The largest absolute Gasteiger partial charge is 0.422 e. The maximum Gasteiger partial charge on any atom is 0.363 e. The highest BCUT2D eigenvalue weighted by atomic mass is 32.2. The van der Waals surface area contributed by atoms with E-state index in [0.717, 1.165) is 4.31 Å². The second-order valence-corrected chi connectivity index (χ2v) is 6.59. The Morgan fingerprint density at radius 1 is 1.27 bits per heavy atom. The molecule has 0 unspecified atom stereocenters. The highest BCUT2D eigenvalue weighted by Crippen LogP contribution is 2.26. The number of carbonyl (C=O) groups excluding carboxylic acids is 1. The number of nitrogens with two attached hydrogens (primary N) is 1. The number of nitrogens with zero attached hydrogens (tertiary/aromatic N) is 3. The number of nitrogen functional groups attached to an aromatic ring is 1. The quantitative estimate of drug-likeness (QED) is 0.496. The molecule has 0 bridgehead atoms. The smallest absolute Gasteiger partial charge is 0.363 e. The predicted octanol–water partition coefficient (Wildman–Crippen LogP) is 0.528. The van der Waals surface area contributed by atoms with E-state index in [-0.39, 0.29) is 22.0 Å². The third kappa shape index (κ3) is 3.21. The summed E-state index contributed by atoms with van der Waals surface area (Å²) in [5, 5.41) is 0. The number of esters is 1. The Bertz CT molecular complexity index is 791. The van der Waals surface area contributed by atoms with Crippen molar-refractivity contribution < 1.29 is 17.9 Å². The summed E-state index contributed by atoms with van der Waals surface area (Å²) in [6, 6.07) is 3.95. The van der Waals surface area contributed by atoms with E-state index in [1.807, 2.05) is 0 Å². The van der Waals surface area contributed by atoms with Crippen LogP contribution in [0.4, 0.5) is 5.69 Å². The van der Waals surface area contributed by atoms with Crippen LogP contribution in [-0.4, -0.2) is 42.8 Å². The zero-order valence-electron chi connectivity index (χ0n) is 11.9. The summed E-state index contributed by atoms with van der Waals surface area (Å²) in [4.78, 5) is 19.3. The number of ether oxygens (including phenoxy) is 1. The molecule has 1 aromatic carbocycles. The number of anilines is 1. The molecular weight excluding hydrogens is 308 g/mol. The predicted molar refractivity (Wildman–Crippen MR) is 78.7 cm³/mol. The summed E-state index contributed by atoms with van der Waals surface area (Å²) in [6.45, 7) is 0. The lowest BCUT2D eigenvalue weighted by molar-refractivity contribution is 0.0727. The second-order valence-electron chi connectivity index (χ2n) is 4.47. The van der Waals surface area contributed by atoms with Crippen LogP contribution in [0.1, 0.15) is 10.5 Å². The number of hydrogen-bond acceptors (Lipinski definition) is 7. The molecular formula is C13H14N4O4S. The van der Waals surface area contributed by atoms with Crippen molar-refractivity contribution in [2.75, 3.05) is 19.8 Å². The average Bonchev–Trinajstić information content (AvgIpc) is 2.49. The normalized spacial score (nSPS) is 11.4. The van der Waals surface area contributed by atoms with Gasteiger partial charge in [-0.3, -0.25) is 4.98 Å². The van der Waals surface area contributed by atoms with E-state index >= 15 is 0 Å². The fourth-order valence-corrected chi connectivity index (χ4v) is 2.59. The molecule has 1 heterocycles. The van der Waals surface area contributed by atoms with Crippen molar-refractivity contribution >= 4 is 21.7 Å². The Morgan fingerprint density at radius 3 is 2.59 bits per heavy atom. The molecule has 8 nitrogen and oxygen atoms in total. The van der Waals surface area contributed by atoms with Crippen molar-refractivity contribution in [2.24, 2.45) is 0 Å². The zero-order chi connectivity index (χ0) is 16.3. The molecule has 0 fully saturated rings. The molecule has 0 radical (unpaired) electrons. The molecule has 22 heavy (non-hydrogen) atoms. The van der Waals surface area contributed by atoms with E-state index in [1.165, 1.54) is 50.9 Å². The van der Waals surface area contributed by atoms with Gasteiger partial charge >= 0.3 is 5.97 Å². The zero-order valence-corrected chi connectivity index (χ0v) is 12.7. The van der Waals surface area contributed by atoms with Crippen LogP contribution in [0.3, 0.4) is 0 Å². The molecule has 116 valence electrons. The lowest BCUT2D eigenvalue weighted by Crippen LogP contribution is -2.23. The Labute approximate surface area is 127 Å². The van der Waals surface area contributed by atoms with E-state index in [0.29, 0.717) is 0 Å². The Balaban J connectivity index is 2.33. The number of carbonyl (C=O) groups is 1. The van der Waals surface area contributed by atoms with Gasteiger partial charge in [0.1, 0.15) is 10.6 Å². The topological polar surface area (TPSA) is 115 Å². The Hall–Kier alpha value is -2.52. The minimum Gasteiger partial charge on any atom is -0.422 e. The molecule has 9 heteroatoms. The fraction of sp³-hybridized carbons (Fsp3) is 0.154. The molecule has 0 saturated heterocycles. The minimum absolute atomic E-state index is 0.0105. The fourth-order valence-electron chi connectivity index (χ4n) is 1.56. The molecule has 0 aliphatic carbocycles. The number of rotatable bonds is 4. The highest BCUT2D eigenvalue weighted by Gasteiger charge is 2.22. The summed E-state index contributed by atoms with van der Waals surface area (Å²) in [5.74, 6) is -0.698. The summed E-state index contributed by atoms with van der Waals surface area (Å²) in [6.07, 6.45) is 4.01. The van der Waals surface area contributed by atoms with Gasteiger partial charge in [-0.2, -0.15) is 0 Å². The molecule has 2 rings (SSSR count). The first-order chi connectivity index (χ1) is 10.3. The van der Waals surface area contributed by atoms with Crippen LogP contribution >= 0.6 is 0 Å². The molecule has 0 atom stereocenters. The van der Waals surface area contributed by atoms with Gasteiger partial charge in [-0.05, 0) is 12.1 Å². The van der Waals surface area contributed by atoms with E-state index < -0.39 is 16.0 Å². The van der Waals surface area contributed by atoms with Crippen LogP contribution in [-0.2, 0) is 10.0 Å². The van der Waals surface area contributed by atoms with Crippen molar-refractivity contribution in [3.63, 3.8) is 0 Å². The monoisotopic (exact) mass is 322 g/mol. The molecule has 0 aliphatic heterocycles. The van der Waals surface area contributed by atoms with E-state index in [2.05, 4.69) is 9.97 Å². The summed E-state index contributed by atoms with van der Waals surface area (Å²) in [7, 11) is -0.978. The highest BCUT2D eigenvalue weighted by molar-refractivity contribution is 7.89. The van der Waals surface area contributed by atoms with Gasteiger partial charge in [-0.15, -0.1) is 0 Å². The maximum absolute atomic E-state index is 12.1. The lowest BCUT2D eigenvalue weighted by atomic mass is 10.3. The van der Waals surface area contributed by atoms with Crippen molar-refractivity contribution in [3.8, 4) is 5.75 Å². The van der Waals surface area contributed by atoms with Crippen molar-refractivity contribution in [2.45, 2.75) is 4.90 Å². The minimum atomic E-state index is -3.74. The molecule has 2 N–H and O–H groups in total. The maximum atomic E-state index is 12.1. The van der Waals surface area contributed by atoms with Crippen LogP contribution in [0.2, 0.25) is 0 Å². The van der Waals surface area contributed by atoms with Gasteiger partial charge < -0.3 is 10.5 Å². The van der Waals surface area contributed by atoms with Crippen LogP contribution < -0.4 is 10.5 Å². The van der Waals surface area contributed by atoms with Gasteiger partial charge in [0.2, 0.25) is 10.0 Å². The summed E-state index contributed by atoms with van der Waals surface area (Å²) < 4.78 is 30.4. The Kier molecular flexibility index (Phi) is 4.38. The van der Waals surface area contributed by atoms with E-state index in [9.17, 15) is 13.2 Å². The standard InChI is InChI=1S/C13H14N4O4S/c1-17(2)22(19,20)12-7-9(3-4-10(12)14)21-13(18)11-8-15-5-6-16-11/h3-8H,14H2,1-2H3. The van der Waals surface area contributed by atoms with Gasteiger partial charge in [0.15, 0.2) is 5.69 Å². The van der Waals surface area contributed by atoms with E-state index in [1.54, 1.807) is 0 Å². The van der Waals surface area contributed by atoms with Crippen LogP contribution in [0, 0.1) is 0 Å². The average molecular weight is 322 g/mol. The molecule has 0 spiro atoms. The third-order valence-electron chi connectivity index (χ3n) is 2.73. The molecule has 0 saturated carbocycles. The summed E-state index contributed by atoms with van der Waals surface area (Å²) >= 11 is 0. The first-order valence-electron chi connectivity index (χ1n) is 6.12. The summed E-state index contributed by atoms with van der Waals surface area (Å²) in [5.41, 5.74) is 5.76. The van der Waals surface area contributed by atoms with Crippen molar-refractivity contribution in [3.05, 3.63) is 42.5 Å². The van der Waals surface area contributed by atoms with Gasteiger partial charge in [0.25, 0.3) is 0 Å². The van der Waals surface area contributed by atoms with Crippen molar-refractivity contribution in [1.29, 1.82) is 0 Å². The van der Waals surface area contributed by atoms with Crippen LogP contribution in [0.5, 0.6) is 5.75 Å². The SMILES string of the molecule is CN(C)S(=O)(=O)c1cc(OC(=O)c2cnccn2)ccc1N. The third-order valence-corrected chi connectivity index (χ3v) is 4.60. The molecule has 2 aromatic rings. The number of sulfonamides is 1. The second kappa shape index (κ2) is 6.08. The Morgan fingerprint density at radius 2 is 2.00 bits per heavy atom. The van der Waals surface area contributed by atoms with Gasteiger partial charge in [0.05, 0.1) is 11.9 Å². The molecule has 0 amide bonds. The lowest BCUT2D eigenvalue weighted by Gasteiger charge is -2.14. The molecule has 1 aromatic heterocycles. The number of aromatic nitrogens is 2. The number of benzene rings is 1. The first-order valence-corrected chi connectivity index (χ1v) is 7.56. The van der Waals surface area contributed by atoms with Gasteiger partial charge in [-0.1, -0.05) is 0 Å². The first kappa shape index (κ1) is 15.9. The van der Waals surface area contributed by atoms with Crippen molar-refractivity contribution in [1.82, 2.24) is 14.3 Å². The van der Waals surface area contributed by atoms with E-state index in [4.69, 9.17) is 10.5 Å².